The third-order valence-corrected chi connectivity index (χ3v) is 3.08. The van der Waals surface area contributed by atoms with Crippen LogP contribution >= 0.6 is 22.9 Å². The molecule has 1 aromatic heterocycles. The van der Waals surface area contributed by atoms with E-state index in [1.54, 1.807) is 11.3 Å². The van der Waals surface area contributed by atoms with E-state index in [4.69, 9.17) is 11.6 Å². The molecule has 0 spiro atoms. The first kappa shape index (κ1) is 9.49. The van der Waals surface area contributed by atoms with E-state index in [9.17, 15) is 4.79 Å². The van der Waals surface area contributed by atoms with Gasteiger partial charge in [0, 0.05) is 0 Å². The van der Waals surface area contributed by atoms with Gasteiger partial charge in [0.2, 0.25) is 5.91 Å². The molecule has 72 valence electrons. The minimum Gasteiger partial charge on any atom is -0.324 e. The molecule has 1 aromatic carbocycles. The highest BCUT2D eigenvalue weighted by molar-refractivity contribution is 7.17. The number of fused-ring (bicyclic) bond motifs is 1. The molecule has 1 heterocycles. The lowest BCUT2D eigenvalue weighted by Gasteiger charge is -2.03. The molecule has 0 radical (unpaired) electrons. The SMILES string of the molecule is O=C(CCl)Nc1cccc2ccsc12. The molecule has 4 heteroatoms. The number of carbonyl (C=O) groups is 1. The van der Waals surface area contributed by atoms with Crippen molar-refractivity contribution < 1.29 is 4.79 Å². The van der Waals surface area contributed by atoms with E-state index in [1.807, 2.05) is 29.6 Å². The lowest BCUT2D eigenvalue weighted by Crippen LogP contribution is -2.12. The van der Waals surface area contributed by atoms with Gasteiger partial charge in [0.1, 0.15) is 5.88 Å². The first-order chi connectivity index (χ1) is 6.81. The van der Waals surface area contributed by atoms with Gasteiger partial charge in [-0.2, -0.15) is 0 Å². The quantitative estimate of drug-likeness (QED) is 0.782. The smallest absolute Gasteiger partial charge is 0.239 e. The molecular formula is C10H8ClNOS. The second-order valence-corrected chi connectivity index (χ2v) is 4.01. The van der Waals surface area contributed by atoms with E-state index in [0.29, 0.717) is 0 Å². The summed E-state index contributed by atoms with van der Waals surface area (Å²) in [5.74, 6) is -0.186. The average molecular weight is 226 g/mol. The van der Waals surface area contributed by atoms with Crippen LogP contribution in [0.3, 0.4) is 0 Å². The normalized spacial score (nSPS) is 10.4. The number of thiophene rings is 1. The van der Waals surface area contributed by atoms with Gasteiger partial charge in [-0.25, -0.2) is 0 Å². The van der Waals surface area contributed by atoms with Crippen molar-refractivity contribution in [2.45, 2.75) is 0 Å². The Balaban J connectivity index is 2.41. The molecule has 0 aliphatic heterocycles. The summed E-state index contributed by atoms with van der Waals surface area (Å²) >= 11 is 7.03. The van der Waals surface area contributed by atoms with Crippen molar-refractivity contribution in [1.82, 2.24) is 0 Å². The van der Waals surface area contributed by atoms with Crippen molar-refractivity contribution in [2.75, 3.05) is 11.2 Å². The van der Waals surface area contributed by atoms with Crippen LogP contribution in [0.5, 0.6) is 0 Å². The monoisotopic (exact) mass is 225 g/mol. The van der Waals surface area contributed by atoms with Gasteiger partial charge < -0.3 is 5.32 Å². The number of anilines is 1. The molecule has 0 saturated heterocycles. The summed E-state index contributed by atoms with van der Waals surface area (Å²) in [6.45, 7) is 0. The van der Waals surface area contributed by atoms with E-state index in [2.05, 4.69) is 5.32 Å². The molecule has 2 nitrogen and oxygen atoms in total. The molecule has 0 saturated carbocycles. The van der Waals surface area contributed by atoms with Crippen LogP contribution in [0.15, 0.2) is 29.6 Å². The molecular weight excluding hydrogens is 218 g/mol. The first-order valence-electron chi connectivity index (χ1n) is 4.13. The Labute approximate surface area is 90.5 Å². The third-order valence-electron chi connectivity index (χ3n) is 1.87. The van der Waals surface area contributed by atoms with Crippen molar-refractivity contribution >= 4 is 44.6 Å². The van der Waals surface area contributed by atoms with E-state index in [0.717, 1.165) is 15.8 Å². The highest BCUT2D eigenvalue weighted by atomic mass is 35.5. The topological polar surface area (TPSA) is 29.1 Å². The predicted molar refractivity (Wildman–Crippen MR) is 61.2 cm³/mol. The van der Waals surface area contributed by atoms with Gasteiger partial charge in [0.25, 0.3) is 0 Å². The number of benzene rings is 1. The van der Waals surface area contributed by atoms with Gasteiger partial charge in [-0.05, 0) is 22.9 Å². The molecule has 0 aliphatic carbocycles. The van der Waals surface area contributed by atoms with Gasteiger partial charge in [-0.15, -0.1) is 22.9 Å². The zero-order chi connectivity index (χ0) is 9.97. The maximum atomic E-state index is 11.1. The van der Waals surface area contributed by atoms with Crippen LogP contribution in [-0.2, 0) is 4.79 Å². The van der Waals surface area contributed by atoms with E-state index < -0.39 is 0 Å². The highest BCUT2D eigenvalue weighted by Gasteiger charge is 2.04. The fraction of sp³-hybridized carbons (Fsp3) is 0.100. The second kappa shape index (κ2) is 3.98. The standard InChI is InChI=1S/C10H8ClNOS/c11-6-9(13)12-8-3-1-2-7-4-5-14-10(7)8/h1-5H,6H2,(H,12,13). The molecule has 0 bridgehead atoms. The van der Waals surface area contributed by atoms with Gasteiger partial charge in [-0.1, -0.05) is 12.1 Å². The summed E-state index contributed by atoms with van der Waals surface area (Å²) in [4.78, 5) is 11.1. The molecule has 0 unspecified atom stereocenters. The molecule has 1 N–H and O–H groups in total. The zero-order valence-corrected chi connectivity index (χ0v) is 8.86. The van der Waals surface area contributed by atoms with Crippen LogP contribution in [-0.4, -0.2) is 11.8 Å². The minimum atomic E-state index is -0.174. The maximum absolute atomic E-state index is 11.1. The summed E-state index contributed by atoms with van der Waals surface area (Å²) in [6.07, 6.45) is 0. The summed E-state index contributed by atoms with van der Waals surface area (Å²) in [7, 11) is 0. The van der Waals surface area contributed by atoms with Gasteiger partial charge in [0.15, 0.2) is 0 Å². The minimum absolute atomic E-state index is 0.0121. The third kappa shape index (κ3) is 1.74. The lowest BCUT2D eigenvalue weighted by atomic mass is 10.2. The van der Waals surface area contributed by atoms with Crippen molar-refractivity contribution in [3.63, 3.8) is 0 Å². The van der Waals surface area contributed by atoms with Crippen molar-refractivity contribution in [3.05, 3.63) is 29.6 Å². The van der Waals surface area contributed by atoms with Gasteiger partial charge >= 0.3 is 0 Å². The molecule has 2 aromatic rings. The average Bonchev–Trinajstić information content (AvgIpc) is 2.66. The predicted octanol–water partition coefficient (Wildman–Crippen LogP) is 3.08. The number of rotatable bonds is 2. The summed E-state index contributed by atoms with van der Waals surface area (Å²) in [5.41, 5.74) is 0.836. The van der Waals surface area contributed by atoms with E-state index in [-0.39, 0.29) is 11.8 Å². The molecule has 0 aliphatic rings. The molecule has 14 heavy (non-hydrogen) atoms. The zero-order valence-electron chi connectivity index (χ0n) is 7.29. The van der Waals surface area contributed by atoms with E-state index >= 15 is 0 Å². The molecule has 2 rings (SSSR count). The van der Waals surface area contributed by atoms with Crippen molar-refractivity contribution in [3.8, 4) is 0 Å². The van der Waals surface area contributed by atoms with Crippen LogP contribution in [0.1, 0.15) is 0 Å². The van der Waals surface area contributed by atoms with E-state index in [1.165, 1.54) is 0 Å². The Hall–Kier alpha value is -1.06. The number of nitrogens with one attached hydrogen (secondary N) is 1. The summed E-state index contributed by atoms with van der Waals surface area (Å²) < 4.78 is 1.09. The highest BCUT2D eigenvalue weighted by Crippen LogP contribution is 2.28. The van der Waals surface area contributed by atoms with Crippen molar-refractivity contribution in [2.24, 2.45) is 0 Å². The van der Waals surface area contributed by atoms with Gasteiger partial charge in [0.05, 0.1) is 10.4 Å². The number of alkyl halides is 1. The van der Waals surface area contributed by atoms with Crippen LogP contribution in [0.25, 0.3) is 10.1 Å². The second-order valence-electron chi connectivity index (χ2n) is 2.83. The molecule has 1 amide bonds. The fourth-order valence-electron chi connectivity index (χ4n) is 1.28. The first-order valence-corrected chi connectivity index (χ1v) is 5.54. The fourth-order valence-corrected chi connectivity index (χ4v) is 2.21. The number of hydrogen-bond acceptors (Lipinski definition) is 2. The Bertz CT molecular complexity index is 466. The number of halogens is 1. The maximum Gasteiger partial charge on any atom is 0.239 e. The number of carbonyl (C=O) groups excluding carboxylic acids is 1. The molecule has 0 fully saturated rings. The van der Waals surface area contributed by atoms with Crippen LogP contribution < -0.4 is 5.32 Å². The Kier molecular flexibility index (Phi) is 2.70. The number of hydrogen-bond donors (Lipinski definition) is 1. The Morgan fingerprint density at radius 2 is 2.29 bits per heavy atom. The largest absolute Gasteiger partial charge is 0.324 e. The van der Waals surface area contributed by atoms with Gasteiger partial charge in [-0.3, -0.25) is 4.79 Å². The van der Waals surface area contributed by atoms with Crippen LogP contribution in [0, 0.1) is 0 Å². The van der Waals surface area contributed by atoms with Crippen LogP contribution in [0.2, 0.25) is 0 Å². The van der Waals surface area contributed by atoms with Crippen LogP contribution in [0.4, 0.5) is 5.69 Å². The Morgan fingerprint density at radius 3 is 3.07 bits per heavy atom. The summed E-state index contributed by atoms with van der Waals surface area (Å²) in [6, 6.07) is 7.83. The summed E-state index contributed by atoms with van der Waals surface area (Å²) in [5, 5.41) is 5.90. The Morgan fingerprint density at radius 1 is 1.43 bits per heavy atom. The molecule has 0 atom stereocenters. The lowest BCUT2D eigenvalue weighted by molar-refractivity contribution is -0.113. The van der Waals surface area contributed by atoms with Crippen molar-refractivity contribution in [1.29, 1.82) is 0 Å². The number of amides is 1.